The molecule has 2 aromatic carbocycles. The van der Waals surface area contributed by atoms with E-state index in [-0.39, 0.29) is 5.56 Å². The highest BCUT2D eigenvalue weighted by atomic mass is 19.4. The summed E-state index contributed by atoms with van der Waals surface area (Å²) in [6, 6.07) is 8.49. The molecule has 0 saturated heterocycles. The Hall–Kier alpha value is -2.57. The number of carbonyl (C=O) groups excluding carboxylic acids is 1. The van der Waals surface area contributed by atoms with E-state index in [0.29, 0.717) is 23.6 Å². The fraction of sp³-hybridized carbons (Fsp3) is 0.133. The fourth-order valence-corrected chi connectivity index (χ4v) is 1.83. The van der Waals surface area contributed by atoms with E-state index in [1.807, 2.05) is 0 Å². The summed E-state index contributed by atoms with van der Waals surface area (Å²) in [5, 5.41) is 2.42. The molecule has 2 rings (SSSR count). The summed E-state index contributed by atoms with van der Waals surface area (Å²) in [4.78, 5) is 12.0. The minimum absolute atomic E-state index is 0.299. The lowest BCUT2D eigenvalue weighted by Crippen LogP contribution is -2.15. The highest BCUT2D eigenvalue weighted by molar-refractivity contribution is 6.05. The van der Waals surface area contributed by atoms with Crippen LogP contribution in [0, 0.1) is 5.82 Å². The van der Waals surface area contributed by atoms with Gasteiger partial charge in [-0.1, -0.05) is 12.1 Å². The number of para-hydroxylation sites is 2. The number of nitrogens with one attached hydrogen (secondary N) is 1. The molecule has 2 aromatic rings. The van der Waals surface area contributed by atoms with Crippen LogP contribution in [0.1, 0.15) is 15.9 Å². The number of ether oxygens (including phenoxy) is 1. The number of anilines is 1. The van der Waals surface area contributed by atoms with Gasteiger partial charge in [-0.25, -0.2) is 4.39 Å². The zero-order chi connectivity index (χ0) is 16.3. The van der Waals surface area contributed by atoms with Gasteiger partial charge in [0, 0.05) is 5.56 Å². The second kappa shape index (κ2) is 6.05. The first-order valence-electron chi connectivity index (χ1n) is 6.14. The predicted molar refractivity (Wildman–Crippen MR) is 72.3 cm³/mol. The molecule has 22 heavy (non-hydrogen) atoms. The topological polar surface area (TPSA) is 38.3 Å². The highest BCUT2D eigenvalue weighted by Gasteiger charge is 2.34. The van der Waals surface area contributed by atoms with E-state index in [2.05, 4.69) is 5.32 Å². The summed E-state index contributed by atoms with van der Waals surface area (Å²) in [6.45, 7) is 0. The maximum Gasteiger partial charge on any atom is 0.419 e. The van der Waals surface area contributed by atoms with Crippen LogP contribution in [0.15, 0.2) is 42.5 Å². The van der Waals surface area contributed by atoms with Crippen molar-refractivity contribution >= 4 is 11.6 Å². The maximum atomic E-state index is 13.2. The van der Waals surface area contributed by atoms with Crippen molar-refractivity contribution in [1.29, 1.82) is 0 Å². The van der Waals surface area contributed by atoms with Gasteiger partial charge in [0.15, 0.2) is 0 Å². The number of halogens is 4. The molecule has 1 amide bonds. The summed E-state index contributed by atoms with van der Waals surface area (Å²) in [5.74, 6) is -1.87. The molecule has 1 N–H and O–H groups in total. The van der Waals surface area contributed by atoms with Crippen molar-refractivity contribution in [2.24, 2.45) is 0 Å². The Morgan fingerprint density at radius 1 is 1.14 bits per heavy atom. The van der Waals surface area contributed by atoms with E-state index < -0.39 is 23.5 Å². The third kappa shape index (κ3) is 3.36. The number of carbonyl (C=O) groups is 1. The van der Waals surface area contributed by atoms with Crippen molar-refractivity contribution in [3.05, 3.63) is 59.4 Å². The zero-order valence-electron chi connectivity index (χ0n) is 11.4. The third-order valence-electron chi connectivity index (χ3n) is 2.89. The van der Waals surface area contributed by atoms with Gasteiger partial charge in [0.05, 0.1) is 18.4 Å². The van der Waals surface area contributed by atoms with Gasteiger partial charge >= 0.3 is 6.18 Å². The van der Waals surface area contributed by atoms with Crippen molar-refractivity contribution < 1.29 is 27.1 Å². The van der Waals surface area contributed by atoms with Gasteiger partial charge in [-0.2, -0.15) is 13.2 Å². The summed E-state index contributed by atoms with van der Waals surface area (Å²) in [6.07, 6.45) is -4.87. The lowest BCUT2D eigenvalue weighted by molar-refractivity contribution is -0.140. The predicted octanol–water partition coefficient (Wildman–Crippen LogP) is 4.11. The molecular formula is C15H11F4NO2. The van der Waals surface area contributed by atoms with Crippen LogP contribution in [-0.4, -0.2) is 13.0 Å². The van der Waals surface area contributed by atoms with Crippen molar-refractivity contribution in [2.45, 2.75) is 6.18 Å². The molecule has 0 saturated carbocycles. The first kappa shape index (κ1) is 15.8. The minimum atomic E-state index is -4.87. The monoisotopic (exact) mass is 313 g/mol. The summed E-state index contributed by atoms with van der Waals surface area (Å²) < 4.78 is 56.2. The normalized spacial score (nSPS) is 11.1. The van der Waals surface area contributed by atoms with E-state index in [1.54, 1.807) is 18.2 Å². The van der Waals surface area contributed by atoms with Gasteiger partial charge in [0.25, 0.3) is 5.91 Å². The Balaban J connectivity index is 2.31. The van der Waals surface area contributed by atoms with Crippen molar-refractivity contribution in [2.75, 3.05) is 12.4 Å². The Morgan fingerprint density at radius 2 is 1.82 bits per heavy atom. The van der Waals surface area contributed by atoms with Crippen LogP contribution in [0.4, 0.5) is 23.2 Å². The van der Waals surface area contributed by atoms with Gasteiger partial charge in [-0.3, -0.25) is 4.79 Å². The number of alkyl halides is 3. The third-order valence-corrected chi connectivity index (χ3v) is 2.89. The second-order valence-corrected chi connectivity index (χ2v) is 4.35. The first-order valence-corrected chi connectivity index (χ1v) is 6.14. The number of hydrogen-bond donors (Lipinski definition) is 1. The molecule has 0 aliphatic carbocycles. The van der Waals surface area contributed by atoms with Gasteiger partial charge in [-0.05, 0) is 30.3 Å². The molecule has 0 radical (unpaired) electrons. The highest BCUT2D eigenvalue weighted by Crippen LogP contribution is 2.32. The number of rotatable bonds is 3. The van der Waals surface area contributed by atoms with Crippen molar-refractivity contribution in [3.8, 4) is 5.75 Å². The van der Waals surface area contributed by atoms with Crippen LogP contribution in [0.5, 0.6) is 5.75 Å². The molecule has 0 fully saturated rings. The van der Waals surface area contributed by atoms with Crippen LogP contribution in [0.2, 0.25) is 0 Å². The fourth-order valence-electron chi connectivity index (χ4n) is 1.83. The van der Waals surface area contributed by atoms with Crippen molar-refractivity contribution in [3.63, 3.8) is 0 Å². The smallest absolute Gasteiger partial charge is 0.419 e. The molecule has 0 bridgehead atoms. The SMILES string of the molecule is COc1ccccc1NC(=O)c1ccc(F)c(C(F)(F)F)c1. The summed E-state index contributed by atoms with van der Waals surface area (Å²) in [7, 11) is 1.39. The van der Waals surface area contributed by atoms with E-state index in [1.165, 1.54) is 13.2 Å². The molecular weight excluding hydrogens is 302 g/mol. The lowest BCUT2D eigenvalue weighted by Gasteiger charge is -2.12. The average Bonchev–Trinajstić information content (AvgIpc) is 2.47. The largest absolute Gasteiger partial charge is 0.495 e. The summed E-state index contributed by atoms with van der Waals surface area (Å²) >= 11 is 0. The Labute approximate surface area is 123 Å². The van der Waals surface area contributed by atoms with Gasteiger partial charge < -0.3 is 10.1 Å². The minimum Gasteiger partial charge on any atom is -0.495 e. The molecule has 3 nitrogen and oxygen atoms in total. The van der Waals surface area contributed by atoms with Gasteiger partial charge in [0.1, 0.15) is 11.6 Å². The van der Waals surface area contributed by atoms with E-state index in [4.69, 9.17) is 4.74 Å². The molecule has 0 aliphatic heterocycles. The van der Waals surface area contributed by atoms with Crippen LogP contribution in [-0.2, 0) is 6.18 Å². The van der Waals surface area contributed by atoms with Crippen LogP contribution < -0.4 is 10.1 Å². The molecule has 0 aliphatic rings. The standard InChI is InChI=1S/C15H11F4NO2/c1-22-13-5-3-2-4-12(13)20-14(21)9-6-7-11(16)10(8-9)15(17,18)19/h2-8H,1H3,(H,20,21). The molecule has 0 heterocycles. The van der Waals surface area contributed by atoms with E-state index in [9.17, 15) is 22.4 Å². The molecule has 0 unspecified atom stereocenters. The molecule has 116 valence electrons. The maximum absolute atomic E-state index is 13.2. The molecule has 0 spiro atoms. The Bertz CT molecular complexity index is 698. The van der Waals surface area contributed by atoms with E-state index in [0.717, 1.165) is 6.07 Å². The second-order valence-electron chi connectivity index (χ2n) is 4.35. The number of methoxy groups -OCH3 is 1. The van der Waals surface area contributed by atoms with Gasteiger partial charge in [-0.15, -0.1) is 0 Å². The Morgan fingerprint density at radius 3 is 2.45 bits per heavy atom. The average molecular weight is 313 g/mol. The number of amides is 1. The Kier molecular flexibility index (Phi) is 4.35. The van der Waals surface area contributed by atoms with Crippen LogP contribution in [0.25, 0.3) is 0 Å². The van der Waals surface area contributed by atoms with Crippen LogP contribution in [0.3, 0.4) is 0 Å². The zero-order valence-corrected chi connectivity index (χ0v) is 11.4. The molecule has 7 heteroatoms. The molecule has 0 atom stereocenters. The number of hydrogen-bond acceptors (Lipinski definition) is 2. The quantitative estimate of drug-likeness (QED) is 0.866. The van der Waals surface area contributed by atoms with E-state index >= 15 is 0 Å². The lowest BCUT2D eigenvalue weighted by atomic mass is 10.1. The van der Waals surface area contributed by atoms with Gasteiger partial charge in [0.2, 0.25) is 0 Å². The molecule has 0 aromatic heterocycles. The number of benzene rings is 2. The summed E-state index contributed by atoms with van der Waals surface area (Å²) in [5.41, 5.74) is -1.49. The van der Waals surface area contributed by atoms with Crippen LogP contribution >= 0.6 is 0 Å². The van der Waals surface area contributed by atoms with Crippen molar-refractivity contribution in [1.82, 2.24) is 0 Å². The first-order chi connectivity index (χ1) is 10.3.